The molecule has 144 valence electrons. The zero-order valence-electron chi connectivity index (χ0n) is 14.7. The number of nitriles is 2. The van der Waals surface area contributed by atoms with Crippen LogP contribution in [-0.4, -0.2) is 15.7 Å². The van der Waals surface area contributed by atoms with Gasteiger partial charge in [-0.1, -0.05) is 0 Å². The van der Waals surface area contributed by atoms with Gasteiger partial charge in [-0.3, -0.25) is 4.79 Å². The lowest BCUT2D eigenvalue weighted by Gasteiger charge is -2.10. The van der Waals surface area contributed by atoms with Crippen LogP contribution < -0.4 is 5.32 Å². The van der Waals surface area contributed by atoms with Gasteiger partial charge < -0.3 is 5.32 Å². The SMILES string of the molecule is N#Cc1ccc(NC(=O)Cc2ccn(-c3ccc(C#N)c(C(F)(F)F)c3)n2)cc1. The second kappa shape index (κ2) is 7.87. The molecule has 3 rings (SSSR count). The van der Waals surface area contributed by atoms with Crippen LogP contribution in [0.2, 0.25) is 0 Å². The minimum Gasteiger partial charge on any atom is -0.326 e. The molecule has 3 aromatic rings. The summed E-state index contributed by atoms with van der Waals surface area (Å²) in [5.74, 6) is -0.365. The van der Waals surface area contributed by atoms with Gasteiger partial charge in [0.15, 0.2) is 0 Å². The molecule has 0 aliphatic rings. The molecular weight excluding hydrogens is 383 g/mol. The van der Waals surface area contributed by atoms with Crippen LogP contribution in [-0.2, 0) is 17.4 Å². The summed E-state index contributed by atoms with van der Waals surface area (Å²) in [7, 11) is 0. The van der Waals surface area contributed by atoms with Crippen LogP contribution in [0.1, 0.15) is 22.4 Å². The highest BCUT2D eigenvalue weighted by Gasteiger charge is 2.34. The van der Waals surface area contributed by atoms with E-state index in [1.807, 2.05) is 6.07 Å². The predicted octanol–water partition coefficient (Wildman–Crippen LogP) is 3.82. The molecule has 0 spiro atoms. The molecule has 0 saturated carbocycles. The zero-order valence-corrected chi connectivity index (χ0v) is 14.7. The van der Waals surface area contributed by atoms with Gasteiger partial charge in [-0.2, -0.15) is 28.8 Å². The van der Waals surface area contributed by atoms with Crippen LogP contribution >= 0.6 is 0 Å². The van der Waals surface area contributed by atoms with E-state index in [1.54, 1.807) is 24.3 Å². The van der Waals surface area contributed by atoms with Crippen LogP contribution in [0.4, 0.5) is 18.9 Å². The molecule has 6 nitrogen and oxygen atoms in total. The quantitative estimate of drug-likeness (QED) is 0.727. The van der Waals surface area contributed by atoms with E-state index in [9.17, 15) is 18.0 Å². The lowest BCUT2D eigenvalue weighted by Crippen LogP contribution is -2.15. The Hall–Kier alpha value is -4.11. The fourth-order valence-corrected chi connectivity index (χ4v) is 2.60. The lowest BCUT2D eigenvalue weighted by atomic mass is 10.1. The minimum absolute atomic E-state index is 0.0879. The Morgan fingerprint density at radius 3 is 2.41 bits per heavy atom. The van der Waals surface area contributed by atoms with Crippen LogP contribution in [0.3, 0.4) is 0 Å². The summed E-state index contributed by atoms with van der Waals surface area (Å²) < 4.78 is 40.5. The van der Waals surface area contributed by atoms with Crippen molar-refractivity contribution >= 4 is 11.6 Å². The molecular formula is C20H12F3N5O. The number of carbonyl (C=O) groups excluding carboxylic acids is 1. The third-order valence-corrected chi connectivity index (χ3v) is 3.98. The largest absolute Gasteiger partial charge is 0.417 e. The molecule has 0 bridgehead atoms. The highest BCUT2D eigenvalue weighted by molar-refractivity contribution is 5.92. The number of alkyl halides is 3. The van der Waals surface area contributed by atoms with Crippen molar-refractivity contribution in [3.63, 3.8) is 0 Å². The number of hydrogen-bond donors (Lipinski definition) is 1. The molecule has 0 atom stereocenters. The first-order valence-electron chi connectivity index (χ1n) is 8.26. The Balaban J connectivity index is 1.74. The van der Waals surface area contributed by atoms with E-state index in [0.717, 1.165) is 12.1 Å². The molecule has 0 radical (unpaired) electrons. The summed E-state index contributed by atoms with van der Waals surface area (Å²) in [6.07, 6.45) is -3.32. The maximum Gasteiger partial charge on any atom is 0.417 e. The van der Waals surface area contributed by atoms with Crippen molar-refractivity contribution in [2.45, 2.75) is 12.6 Å². The van der Waals surface area contributed by atoms with E-state index in [-0.39, 0.29) is 18.0 Å². The molecule has 1 aromatic heterocycles. The topological polar surface area (TPSA) is 94.5 Å². The van der Waals surface area contributed by atoms with Crippen LogP contribution in [0, 0.1) is 22.7 Å². The van der Waals surface area contributed by atoms with E-state index in [1.165, 1.54) is 29.1 Å². The van der Waals surface area contributed by atoms with Crippen molar-refractivity contribution in [1.82, 2.24) is 9.78 Å². The number of halogens is 3. The number of carbonyl (C=O) groups is 1. The molecule has 0 aliphatic carbocycles. The molecule has 0 unspecified atom stereocenters. The van der Waals surface area contributed by atoms with Gasteiger partial charge in [0.05, 0.1) is 46.6 Å². The zero-order chi connectivity index (χ0) is 21.0. The summed E-state index contributed by atoms with van der Waals surface area (Å²) in [4.78, 5) is 12.1. The number of nitrogens with zero attached hydrogens (tertiary/aromatic N) is 4. The Kier molecular flexibility index (Phi) is 5.33. The lowest BCUT2D eigenvalue weighted by molar-refractivity contribution is -0.137. The number of aromatic nitrogens is 2. The van der Waals surface area contributed by atoms with Gasteiger partial charge in [0.25, 0.3) is 0 Å². The minimum atomic E-state index is -4.67. The van der Waals surface area contributed by atoms with Gasteiger partial charge in [0.2, 0.25) is 5.91 Å². The molecule has 29 heavy (non-hydrogen) atoms. The number of anilines is 1. The molecule has 0 saturated heterocycles. The van der Waals surface area contributed by atoms with E-state index in [2.05, 4.69) is 10.4 Å². The van der Waals surface area contributed by atoms with Crippen molar-refractivity contribution in [2.24, 2.45) is 0 Å². The number of nitrogens with one attached hydrogen (secondary N) is 1. The average molecular weight is 395 g/mol. The van der Waals surface area contributed by atoms with Crippen molar-refractivity contribution < 1.29 is 18.0 Å². The van der Waals surface area contributed by atoms with Crippen molar-refractivity contribution in [3.05, 3.63) is 77.1 Å². The number of amides is 1. The van der Waals surface area contributed by atoms with Gasteiger partial charge >= 0.3 is 6.18 Å². The smallest absolute Gasteiger partial charge is 0.326 e. The maximum atomic E-state index is 13.1. The number of hydrogen-bond acceptors (Lipinski definition) is 4. The van der Waals surface area contributed by atoms with Gasteiger partial charge in [-0.15, -0.1) is 0 Å². The summed E-state index contributed by atoms with van der Waals surface area (Å²) >= 11 is 0. The second-order valence-electron chi connectivity index (χ2n) is 6.01. The standard InChI is InChI=1S/C20H12F3N5O/c21-20(22,23)18-10-17(6-3-14(18)12-25)28-8-7-16(27-28)9-19(29)26-15-4-1-13(11-24)2-5-15/h1-8,10H,9H2,(H,26,29). The summed E-state index contributed by atoms with van der Waals surface area (Å²) in [5, 5.41) is 24.4. The molecule has 0 fully saturated rings. The third kappa shape index (κ3) is 4.60. The van der Waals surface area contributed by atoms with Gasteiger partial charge in [-0.05, 0) is 48.5 Å². The van der Waals surface area contributed by atoms with Crippen LogP contribution in [0.15, 0.2) is 54.7 Å². The Morgan fingerprint density at radius 1 is 1.07 bits per heavy atom. The van der Waals surface area contributed by atoms with E-state index >= 15 is 0 Å². The molecule has 0 aliphatic heterocycles. The van der Waals surface area contributed by atoms with Crippen molar-refractivity contribution in [3.8, 4) is 17.8 Å². The Morgan fingerprint density at radius 2 is 1.79 bits per heavy atom. The van der Waals surface area contributed by atoms with Crippen LogP contribution in [0.25, 0.3) is 5.69 Å². The molecule has 2 aromatic carbocycles. The summed E-state index contributed by atoms with van der Waals surface area (Å²) in [6.45, 7) is 0. The van der Waals surface area contributed by atoms with Crippen molar-refractivity contribution in [1.29, 1.82) is 10.5 Å². The second-order valence-corrected chi connectivity index (χ2v) is 6.01. The van der Waals surface area contributed by atoms with Gasteiger partial charge in [0, 0.05) is 11.9 Å². The first-order chi connectivity index (χ1) is 13.8. The van der Waals surface area contributed by atoms with Gasteiger partial charge in [0.1, 0.15) is 0 Å². The Bertz CT molecular complexity index is 1130. The third-order valence-electron chi connectivity index (χ3n) is 3.98. The normalized spacial score (nSPS) is 10.8. The van der Waals surface area contributed by atoms with Crippen LogP contribution in [0.5, 0.6) is 0 Å². The first kappa shape index (κ1) is 19.6. The number of benzene rings is 2. The monoisotopic (exact) mass is 395 g/mol. The summed E-state index contributed by atoms with van der Waals surface area (Å²) in [6, 6.07) is 14.6. The molecule has 9 heteroatoms. The van der Waals surface area contributed by atoms with E-state index in [4.69, 9.17) is 10.5 Å². The predicted molar refractivity (Wildman–Crippen MR) is 96.8 cm³/mol. The fourth-order valence-electron chi connectivity index (χ4n) is 2.60. The van der Waals surface area contributed by atoms with Gasteiger partial charge in [-0.25, -0.2) is 4.68 Å². The highest BCUT2D eigenvalue weighted by atomic mass is 19.4. The maximum absolute atomic E-state index is 13.1. The summed E-state index contributed by atoms with van der Waals surface area (Å²) in [5.41, 5.74) is -0.0783. The molecule has 1 amide bonds. The molecule has 1 heterocycles. The van der Waals surface area contributed by atoms with Crippen molar-refractivity contribution in [2.75, 3.05) is 5.32 Å². The Labute approximate surface area is 163 Å². The fraction of sp³-hybridized carbons (Fsp3) is 0.100. The van der Waals surface area contributed by atoms with E-state index in [0.29, 0.717) is 16.9 Å². The highest BCUT2D eigenvalue weighted by Crippen LogP contribution is 2.33. The first-order valence-corrected chi connectivity index (χ1v) is 8.26. The average Bonchev–Trinajstić information content (AvgIpc) is 3.15. The van der Waals surface area contributed by atoms with E-state index < -0.39 is 17.3 Å². The number of rotatable bonds is 4. The molecule has 1 N–H and O–H groups in total.